The van der Waals surface area contributed by atoms with E-state index in [0.29, 0.717) is 0 Å². The van der Waals surface area contributed by atoms with Crippen molar-refractivity contribution in [2.24, 2.45) is 0 Å². The summed E-state index contributed by atoms with van der Waals surface area (Å²) in [6, 6.07) is 9.10. The van der Waals surface area contributed by atoms with E-state index in [2.05, 4.69) is 0 Å². The molecule has 0 saturated carbocycles. The van der Waals surface area contributed by atoms with Crippen LogP contribution in [0.3, 0.4) is 0 Å². The number of carbonyl (C=O) groups is 1. The number of benzene rings is 1. The maximum atomic E-state index is 10.0. The SMILES string of the molecule is O=Cc1ccccc1.O=P(O)(O)O.[V]. The fourth-order valence-corrected chi connectivity index (χ4v) is 0.532. The minimum absolute atomic E-state index is 0. The van der Waals surface area contributed by atoms with Gasteiger partial charge < -0.3 is 14.7 Å². The van der Waals surface area contributed by atoms with E-state index in [1.54, 1.807) is 12.1 Å². The summed E-state index contributed by atoms with van der Waals surface area (Å²) in [5, 5.41) is 0. The van der Waals surface area contributed by atoms with Crippen molar-refractivity contribution in [2.75, 3.05) is 0 Å². The molecular formula is C7H9O5PV. The first kappa shape index (κ1) is 16.0. The van der Waals surface area contributed by atoms with Crippen molar-refractivity contribution < 1.29 is 42.6 Å². The molecular weight excluding hydrogens is 246 g/mol. The molecule has 77 valence electrons. The summed E-state index contributed by atoms with van der Waals surface area (Å²) in [4.78, 5) is 31.6. The van der Waals surface area contributed by atoms with Crippen LogP contribution in [0.5, 0.6) is 0 Å². The molecule has 5 nitrogen and oxygen atoms in total. The van der Waals surface area contributed by atoms with Gasteiger partial charge in [0.15, 0.2) is 0 Å². The predicted octanol–water partition coefficient (Wildman–Crippen LogP) is 0.568. The number of hydrogen-bond donors (Lipinski definition) is 3. The van der Waals surface area contributed by atoms with Crippen molar-refractivity contribution in [1.82, 2.24) is 0 Å². The van der Waals surface area contributed by atoms with Gasteiger partial charge in [0.05, 0.1) is 0 Å². The Bertz CT molecular complexity index is 288. The van der Waals surface area contributed by atoms with Gasteiger partial charge in [-0.15, -0.1) is 0 Å². The molecule has 0 amide bonds. The standard InChI is InChI=1S/C7H6O.H3O4P.V/c8-6-7-4-2-1-3-5-7;1-5(2,3)4;/h1-6H;(H3,1,2,3,4);. The van der Waals surface area contributed by atoms with Crippen LogP contribution in [0.25, 0.3) is 0 Å². The Kier molecular flexibility index (Phi) is 9.09. The Balaban J connectivity index is 0. The van der Waals surface area contributed by atoms with Gasteiger partial charge in [-0.1, -0.05) is 30.3 Å². The van der Waals surface area contributed by atoms with Crippen LogP contribution in [0.1, 0.15) is 10.4 Å². The van der Waals surface area contributed by atoms with E-state index >= 15 is 0 Å². The molecule has 0 saturated heterocycles. The van der Waals surface area contributed by atoms with Crippen molar-refractivity contribution in [3.63, 3.8) is 0 Å². The Morgan fingerprint density at radius 1 is 1.07 bits per heavy atom. The average Bonchev–Trinajstić information content (AvgIpc) is 2.03. The molecule has 1 rings (SSSR count). The second kappa shape index (κ2) is 7.94. The van der Waals surface area contributed by atoms with E-state index in [9.17, 15) is 4.79 Å². The molecule has 1 aromatic rings. The Morgan fingerprint density at radius 2 is 1.43 bits per heavy atom. The Labute approximate surface area is 92.9 Å². The summed E-state index contributed by atoms with van der Waals surface area (Å²) >= 11 is 0. The van der Waals surface area contributed by atoms with Gasteiger partial charge in [-0.2, -0.15) is 0 Å². The third-order valence-electron chi connectivity index (χ3n) is 0.936. The zero-order valence-electron chi connectivity index (χ0n) is 7.02. The molecule has 1 aromatic carbocycles. The second-order valence-corrected chi connectivity index (χ2v) is 3.07. The molecule has 0 aromatic heterocycles. The van der Waals surface area contributed by atoms with Gasteiger partial charge in [0.1, 0.15) is 6.29 Å². The van der Waals surface area contributed by atoms with Crippen LogP contribution in [-0.2, 0) is 23.1 Å². The molecule has 0 bridgehead atoms. The van der Waals surface area contributed by atoms with Crippen LogP contribution in [0, 0.1) is 0 Å². The summed E-state index contributed by atoms with van der Waals surface area (Å²) in [5.41, 5.74) is 0.729. The minimum Gasteiger partial charge on any atom is -0.303 e. The fourth-order valence-electron chi connectivity index (χ4n) is 0.532. The Hall–Kier alpha value is -0.416. The second-order valence-electron chi connectivity index (χ2n) is 2.04. The summed E-state index contributed by atoms with van der Waals surface area (Å²) in [7, 11) is -4.64. The molecule has 0 aliphatic heterocycles. The van der Waals surface area contributed by atoms with Crippen LogP contribution in [-0.4, -0.2) is 21.0 Å². The zero-order chi connectivity index (χ0) is 10.3. The number of phosphoric acid groups is 1. The van der Waals surface area contributed by atoms with E-state index in [1.807, 2.05) is 18.2 Å². The van der Waals surface area contributed by atoms with Gasteiger partial charge in [-0.25, -0.2) is 4.57 Å². The molecule has 0 spiro atoms. The summed E-state index contributed by atoms with van der Waals surface area (Å²) in [6.07, 6.45) is 0.833. The van der Waals surface area contributed by atoms with Crippen LogP contribution in [0.15, 0.2) is 30.3 Å². The number of rotatable bonds is 1. The first-order chi connectivity index (χ1) is 5.93. The van der Waals surface area contributed by atoms with E-state index in [-0.39, 0.29) is 18.6 Å². The van der Waals surface area contributed by atoms with Gasteiger partial charge in [0, 0.05) is 24.1 Å². The van der Waals surface area contributed by atoms with Crippen molar-refractivity contribution in [2.45, 2.75) is 0 Å². The van der Waals surface area contributed by atoms with Crippen molar-refractivity contribution in [1.29, 1.82) is 0 Å². The number of aldehydes is 1. The van der Waals surface area contributed by atoms with Crippen LogP contribution >= 0.6 is 7.82 Å². The molecule has 0 heterocycles. The number of hydrogen-bond acceptors (Lipinski definition) is 2. The third-order valence-corrected chi connectivity index (χ3v) is 0.936. The quantitative estimate of drug-likeness (QED) is 0.503. The third kappa shape index (κ3) is 14.1. The molecule has 0 unspecified atom stereocenters. The van der Waals surface area contributed by atoms with Gasteiger partial charge in [0.25, 0.3) is 0 Å². The zero-order valence-corrected chi connectivity index (χ0v) is 9.31. The molecule has 0 atom stereocenters. The maximum Gasteiger partial charge on any atom is 0.466 e. The van der Waals surface area contributed by atoms with Gasteiger partial charge in [-0.3, -0.25) is 4.79 Å². The molecule has 0 fully saturated rings. The van der Waals surface area contributed by atoms with E-state index in [1.165, 1.54) is 0 Å². The summed E-state index contributed by atoms with van der Waals surface area (Å²) in [5.74, 6) is 0. The maximum absolute atomic E-state index is 10.0. The van der Waals surface area contributed by atoms with Gasteiger partial charge in [-0.05, 0) is 0 Å². The monoisotopic (exact) mass is 255 g/mol. The van der Waals surface area contributed by atoms with Crippen molar-refractivity contribution in [3.8, 4) is 0 Å². The van der Waals surface area contributed by atoms with Crippen molar-refractivity contribution in [3.05, 3.63) is 35.9 Å². The van der Waals surface area contributed by atoms with Gasteiger partial charge >= 0.3 is 7.82 Å². The average molecular weight is 255 g/mol. The predicted molar refractivity (Wildman–Crippen MR) is 46.1 cm³/mol. The van der Waals surface area contributed by atoms with E-state index in [4.69, 9.17) is 19.2 Å². The molecule has 3 N–H and O–H groups in total. The first-order valence-corrected chi connectivity index (χ1v) is 4.78. The van der Waals surface area contributed by atoms with Crippen LogP contribution in [0.2, 0.25) is 0 Å². The normalized spacial score (nSPS) is 9.07. The van der Waals surface area contributed by atoms with Gasteiger partial charge in [0.2, 0.25) is 0 Å². The minimum atomic E-state index is -4.64. The topological polar surface area (TPSA) is 94.8 Å². The van der Waals surface area contributed by atoms with E-state index in [0.717, 1.165) is 11.8 Å². The number of carbonyl (C=O) groups excluding carboxylic acids is 1. The molecule has 0 aliphatic rings. The summed E-state index contributed by atoms with van der Waals surface area (Å²) < 4.78 is 8.88. The molecule has 0 aliphatic carbocycles. The van der Waals surface area contributed by atoms with E-state index < -0.39 is 7.82 Å². The molecule has 14 heavy (non-hydrogen) atoms. The molecule has 1 radical (unpaired) electrons. The fraction of sp³-hybridized carbons (Fsp3) is 0. The smallest absolute Gasteiger partial charge is 0.303 e. The largest absolute Gasteiger partial charge is 0.466 e. The van der Waals surface area contributed by atoms with Crippen molar-refractivity contribution >= 4 is 14.1 Å². The summed E-state index contributed by atoms with van der Waals surface area (Å²) in [6.45, 7) is 0. The first-order valence-electron chi connectivity index (χ1n) is 3.22. The van der Waals surface area contributed by atoms with Crippen LogP contribution in [0.4, 0.5) is 0 Å². The van der Waals surface area contributed by atoms with Crippen LogP contribution < -0.4 is 0 Å². The molecule has 7 heteroatoms. The Morgan fingerprint density at radius 3 is 1.64 bits per heavy atom.